The third-order valence-electron chi connectivity index (χ3n) is 5.36. The smallest absolute Gasteiger partial charge is 0.0738 e. The molecule has 1 aromatic heterocycles. The van der Waals surface area contributed by atoms with E-state index >= 15 is 0 Å². The highest BCUT2D eigenvalue weighted by molar-refractivity contribution is 9.10. The van der Waals surface area contributed by atoms with E-state index in [-0.39, 0.29) is 0 Å². The van der Waals surface area contributed by atoms with E-state index in [1.54, 1.807) is 0 Å². The van der Waals surface area contributed by atoms with Gasteiger partial charge in [0, 0.05) is 12.4 Å². The average Bonchev–Trinajstić information content (AvgIpc) is 2.65. The quantitative estimate of drug-likeness (QED) is 0.578. The Hall–Kier alpha value is 0.170. The number of halogens is 2. The first-order valence-electron chi connectivity index (χ1n) is 7.92. The molecule has 1 saturated carbocycles. The van der Waals surface area contributed by atoms with Gasteiger partial charge in [0.15, 0.2) is 0 Å². The Morgan fingerprint density at radius 2 is 1.86 bits per heavy atom. The highest BCUT2D eigenvalue weighted by Gasteiger charge is 2.39. The molecule has 0 aliphatic heterocycles. The molecular weight excluding hydrogens is 392 g/mol. The summed E-state index contributed by atoms with van der Waals surface area (Å²) in [5.41, 5.74) is 3.29. The van der Waals surface area contributed by atoms with Gasteiger partial charge in [0.2, 0.25) is 0 Å². The fraction of sp³-hybridized carbons (Fsp3) is 0.824. The van der Waals surface area contributed by atoms with Crippen LogP contribution in [0.2, 0.25) is 0 Å². The van der Waals surface area contributed by atoms with Crippen LogP contribution >= 0.6 is 31.9 Å². The minimum absolute atomic E-state index is 0.393. The Balaban J connectivity index is 2.14. The summed E-state index contributed by atoms with van der Waals surface area (Å²) in [6.07, 6.45) is 6.45. The van der Waals surface area contributed by atoms with Crippen molar-refractivity contribution in [2.24, 2.45) is 23.8 Å². The zero-order valence-electron chi connectivity index (χ0n) is 14.0. The molecule has 0 spiro atoms. The third-order valence-corrected chi connectivity index (χ3v) is 7.58. The minimum atomic E-state index is 0.393. The van der Waals surface area contributed by atoms with Gasteiger partial charge >= 0.3 is 0 Å². The highest BCUT2D eigenvalue weighted by Crippen LogP contribution is 2.48. The summed E-state index contributed by atoms with van der Waals surface area (Å²) in [5, 5.41) is 5.64. The van der Waals surface area contributed by atoms with Crippen molar-refractivity contribution in [1.82, 2.24) is 9.78 Å². The Morgan fingerprint density at radius 3 is 2.24 bits per heavy atom. The van der Waals surface area contributed by atoms with E-state index in [0.29, 0.717) is 10.8 Å². The first-order chi connectivity index (χ1) is 9.68. The van der Waals surface area contributed by atoms with Crippen molar-refractivity contribution in [3.05, 3.63) is 15.9 Å². The largest absolute Gasteiger partial charge is 0.271 e. The molecule has 1 fully saturated rings. The topological polar surface area (TPSA) is 17.8 Å². The van der Waals surface area contributed by atoms with Crippen LogP contribution in [0.15, 0.2) is 4.47 Å². The first kappa shape index (κ1) is 17.5. The standard InChI is InChI=1S/C17H28Br2N2/c1-12-15(19)14(21(5)20-12)10-17(11-18)8-6-13(7-9-17)16(2,3)4/h13H,6-11H2,1-5H3. The average molecular weight is 420 g/mol. The summed E-state index contributed by atoms with van der Waals surface area (Å²) in [6.45, 7) is 9.24. The second-order valence-corrected chi connectivity index (χ2v) is 9.27. The molecule has 0 atom stereocenters. The van der Waals surface area contributed by atoms with Gasteiger partial charge in [-0.3, -0.25) is 4.68 Å². The molecule has 1 aromatic rings. The molecule has 0 N–H and O–H groups in total. The molecular formula is C17H28Br2N2. The number of nitrogens with zero attached hydrogens (tertiary/aromatic N) is 2. The molecule has 2 rings (SSSR count). The van der Waals surface area contributed by atoms with E-state index in [1.165, 1.54) is 35.8 Å². The number of aryl methyl sites for hydroxylation is 2. The van der Waals surface area contributed by atoms with Crippen molar-refractivity contribution < 1.29 is 0 Å². The third kappa shape index (κ3) is 3.74. The van der Waals surface area contributed by atoms with Gasteiger partial charge in [0.1, 0.15) is 0 Å². The van der Waals surface area contributed by atoms with Gasteiger partial charge in [-0.2, -0.15) is 5.10 Å². The normalized spacial score (nSPS) is 27.1. The monoisotopic (exact) mass is 418 g/mol. The first-order valence-corrected chi connectivity index (χ1v) is 9.84. The van der Waals surface area contributed by atoms with Crippen LogP contribution in [0.1, 0.15) is 57.8 Å². The van der Waals surface area contributed by atoms with E-state index in [0.717, 1.165) is 23.4 Å². The van der Waals surface area contributed by atoms with Crippen molar-refractivity contribution in [3.8, 4) is 0 Å². The maximum atomic E-state index is 4.55. The molecule has 1 aliphatic rings. The van der Waals surface area contributed by atoms with Gasteiger partial charge in [0.25, 0.3) is 0 Å². The van der Waals surface area contributed by atoms with Crippen molar-refractivity contribution in [3.63, 3.8) is 0 Å². The van der Waals surface area contributed by atoms with Crippen LogP contribution in [0.3, 0.4) is 0 Å². The van der Waals surface area contributed by atoms with Gasteiger partial charge in [-0.15, -0.1) is 0 Å². The van der Waals surface area contributed by atoms with E-state index in [2.05, 4.69) is 76.4 Å². The molecule has 1 heterocycles. The Bertz CT molecular complexity index is 492. The van der Waals surface area contributed by atoms with Crippen LogP contribution < -0.4 is 0 Å². The molecule has 0 radical (unpaired) electrons. The van der Waals surface area contributed by atoms with Crippen molar-refractivity contribution in [2.45, 2.75) is 59.8 Å². The van der Waals surface area contributed by atoms with Gasteiger partial charge < -0.3 is 0 Å². The van der Waals surface area contributed by atoms with Gasteiger partial charge in [-0.1, -0.05) is 36.7 Å². The lowest BCUT2D eigenvalue weighted by molar-refractivity contribution is 0.102. The zero-order chi connectivity index (χ0) is 15.8. The predicted molar refractivity (Wildman–Crippen MR) is 97.0 cm³/mol. The molecule has 0 aromatic carbocycles. The maximum absolute atomic E-state index is 4.55. The lowest BCUT2D eigenvalue weighted by atomic mass is 9.63. The van der Waals surface area contributed by atoms with Crippen LogP contribution in [0.4, 0.5) is 0 Å². The maximum Gasteiger partial charge on any atom is 0.0738 e. The van der Waals surface area contributed by atoms with E-state index in [9.17, 15) is 0 Å². The number of hydrogen-bond acceptors (Lipinski definition) is 1. The zero-order valence-corrected chi connectivity index (χ0v) is 17.1. The SMILES string of the molecule is Cc1nn(C)c(CC2(CBr)CCC(C(C)(C)C)CC2)c1Br. The summed E-state index contributed by atoms with van der Waals surface area (Å²) in [4.78, 5) is 0. The molecule has 0 amide bonds. The van der Waals surface area contributed by atoms with Crippen molar-refractivity contribution in [1.29, 1.82) is 0 Å². The molecule has 120 valence electrons. The summed E-state index contributed by atoms with van der Waals surface area (Å²) in [7, 11) is 2.07. The lowest BCUT2D eigenvalue weighted by Gasteiger charge is -2.43. The fourth-order valence-corrected chi connectivity index (χ4v) is 4.92. The van der Waals surface area contributed by atoms with Crippen molar-refractivity contribution in [2.75, 3.05) is 5.33 Å². The van der Waals surface area contributed by atoms with Gasteiger partial charge in [-0.25, -0.2) is 0 Å². The lowest BCUT2D eigenvalue weighted by Crippen LogP contribution is -2.35. The fourth-order valence-electron chi connectivity index (χ4n) is 3.68. The molecule has 2 nitrogen and oxygen atoms in total. The molecule has 0 bridgehead atoms. The van der Waals surface area contributed by atoms with Gasteiger partial charge in [-0.05, 0) is 71.7 Å². The number of hydrogen-bond donors (Lipinski definition) is 0. The molecule has 21 heavy (non-hydrogen) atoms. The van der Waals surface area contributed by atoms with Gasteiger partial charge in [0.05, 0.1) is 15.9 Å². The Morgan fingerprint density at radius 1 is 1.29 bits per heavy atom. The van der Waals surface area contributed by atoms with Crippen LogP contribution in [-0.4, -0.2) is 15.1 Å². The van der Waals surface area contributed by atoms with E-state index < -0.39 is 0 Å². The number of alkyl halides is 1. The van der Waals surface area contributed by atoms with Crippen molar-refractivity contribution >= 4 is 31.9 Å². The summed E-state index contributed by atoms with van der Waals surface area (Å²) in [6, 6.07) is 0. The second kappa shape index (κ2) is 6.35. The number of rotatable bonds is 3. The second-order valence-electron chi connectivity index (χ2n) is 7.92. The molecule has 1 aliphatic carbocycles. The molecule has 4 heteroatoms. The molecule has 0 unspecified atom stereocenters. The predicted octanol–water partition coefficient (Wildman–Crippen LogP) is 5.65. The van der Waals surface area contributed by atoms with Crippen LogP contribution in [0, 0.1) is 23.7 Å². The molecule has 0 saturated heterocycles. The number of aromatic nitrogens is 2. The minimum Gasteiger partial charge on any atom is -0.271 e. The summed E-state index contributed by atoms with van der Waals surface area (Å²) >= 11 is 7.53. The van der Waals surface area contributed by atoms with Crippen LogP contribution in [0.5, 0.6) is 0 Å². The van der Waals surface area contributed by atoms with E-state index in [4.69, 9.17) is 0 Å². The Kier molecular flexibility index (Phi) is 5.30. The Labute approximate surface area is 146 Å². The van der Waals surface area contributed by atoms with Crippen LogP contribution in [-0.2, 0) is 13.5 Å². The van der Waals surface area contributed by atoms with Crippen LogP contribution in [0.25, 0.3) is 0 Å². The van der Waals surface area contributed by atoms with E-state index in [1.807, 2.05) is 0 Å². The highest BCUT2D eigenvalue weighted by atomic mass is 79.9. The summed E-state index contributed by atoms with van der Waals surface area (Å²) < 4.78 is 3.25. The summed E-state index contributed by atoms with van der Waals surface area (Å²) in [5.74, 6) is 0.862.